The minimum absolute atomic E-state index is 0.135. The molecule has 1 N–H and O–H groups in total. The summed E-state index contributed by atoms with van der Waals surface area (Å²) >= 11 is 5.82. The molecule has 0 saturated heterocycles. The largest absolute Gasteiger partial charge is 0.479 e. The van der Waals surface area contributed by atoms with Gasteiger partial charge < -0.3 is 9.84 Å². The number of carbonyl (C=O) groups excluding carboxylic acids is 1. The average molecular weight is 243 g/mol. The maximum atomic E-state index is 11.1. The van der Waals surface area contributed by atoms with Crippen LogP contribution >= 0.6 is 11.6 Å². The second-order valence-corrected chi connectivity index (χ2v) is 3.71. The molecule has 1 unspecified atom stereocenters. The number of halogens is 1. The quantitative estimate of drug-likeness (QED) is 0.824. The van der Waals surface area contributed by atoms with E-state index < -0.39 is 12.1 Å². The zero-order valence-electron chi connectivity index (χ0n) is 8.86. The van der Waals surface area contributed by atoms with Crippen molar-refractivity contribution in [2.75, 3.05) is 0 Å². The van der Waals surface area contributed by atoms with E-state index in [9.17, 15) is 9.59 Å². The van der Waals surface area contributed by atoms with Crippen LogP contribution in [0, 0.1) is 0 Å². The van der Waals surface area contributed by atoms with Crippen LogP contribution in [0.15, 0.2) is 18.2 Å². The Morgan fingerprint density at radius 2 is 2.06 bits per heavy atom. The summed E-state index contributed by atoms with van der Waals surface area (Å²) in [5.74, 6) is -1.03. The smallest absolute Gasteiger partial charge is 0.344 e. The van der Waals surface area contributed by atoms with Gasteiger partial charge in [-0.3, -0.25) is 4.79 Å². The zero-order valence-corrected chi connectivity index (χ0v) is 9.62. The highest BCUT2D eigenvalue weighted by Crippen LogP contribution is 2.26. The molecule has 0 radical (unpaired) electrons. The van der Waals surface area contributed by atoms with E-state index in [-0.39, 0.29) is 16.6 Å². The first-order chi connectivity index (χ1) is 7.41. The number of ketones is 1. The molecular formula is C11H11ClO4. The Labute approximate surface area is 97.8 Å². The summed E-state index contributed by atoms with van der Waals surface area (Å²) in [6.07, 6.45) is -1.01. The number of aliphatic carboxylic acids is 1. The van der Waals surface area contributed by atoms with Crippen molar-refractivity contribution in [2.45, 2.75) is 20.0 Å². The summed E-state index contributed by atoms with van der Waals surface area (Å²) in [5.41, 5.74) is 0.428. The number of rotatable bonds is 4. The molecule has 1 aromatic carbocycles. The van der Waals surface area contributed by atoms with Crippen molar-refractivity contribution in [1.29, 1.82) is 0 Å². The van der Waals surface area contributed by atoms with Crippen LogP contribution in [0.1, 0.15) is 24.2 Å². The Morgan fingerprint density at radius 3 is 2.56 bits per heavy atom. The van der Waals surface area contributed by atoms with Gasteiger partial charge in [0, 0.05) is 5.56 Å². The second kappa shape index (κ2) is 4.99. The first kappa shape index (κ1) is 12.5. The molecule has 16 heavy (non-hydrogen) atoms. The Bertz CT molecular complexity index is 428. The van der Waals surface area contributed by atoms with E-state index in [1.807, 2.05) is 0 Å². The second-order valence-electron chi connectivity index (χ2n) is 3.30. The molecule has 0 spiro atoms. The summed E-state index contributed by atoms with van der Waals surface area (Å²) in [5, 5.41) is 8.95. The molecule has 0 aromatic heterocycles. The Morgan fingerprint density at radius 1 is 1.44 bits per heavy atom. The lowest BCUT2D eigenvalue weighted by Crippen LogP contribution is -2.23. The average Bonchev–Trinajstić information content (AvgIpc) is 2.20. The van der Waals surface area contributed by atoms with Crippen LogP contribution in [0.25, 0.3) is 0 Å². The fourth-order valence-corrected chi connectivity index (χ4v) is 1.22. The third kappa shape index (κ3) is 2.97. The summed E-state index contributed by atoms with van der Waals surface area (Å²) in [7, 11) is 0. The first-order valence-corrected chi connectivity index (χ1v) is 4.99. The zero-order chi connectivity index (χ0) is 12.3. The molecule has 1 rings (SSSR count). The first-order valence-electron chi connectivity index (χ1n) is 4.61. The number of benzene rings is 1. The van der Waals surface area contributed by atoms with E-state index in [1.54, 1.807) is 6.07 Å². The number of carboxylic acid groups (broad SMARTS) is 1. The van der Waals surface area contributed by atoms with E-state index in [4.69, 9.17) is 21.4 Å². The number of carbonyl (C=O) groups is 2. The monoisotopic (exact) mass is 242 g/mol. The van der Waals surface area contributed by atoms with Crippen LogP contribution in [0.3, 0.4) is 0 Å². The lowest BCUT2D eigenvalue weighted by Gasteiger charge is -2.12. The van der Waals surface area contributed by atoms with Gasteiger partial charge in [-0.25, -0.2) is 4.79 Å². The van der Waals surface area contributed by atoms with Crippen LogP contribution in [0.4, 0.5) is 0 Å². The van der Waals surface area contributed by atoms with Crippen LogP contribution in [0.2, 0.25) is 5.02 Å². The van der Waals surface area contributed by atoms with Crippen molar-refractivity contribution >= 4 is 23.4 Å². The standard InChI is InChI=1S/C11H11ClO4/c1-6(13)8-3-4-9(12)10(5-8)16-7(2)11(14)15/h3-5,7H,1-2H3,(H,14,15). The summed E-state index contributed by atoms with van der Waals surface area (Å²) in [6.45, 7) is 2.80. The Balaban J connectivity index is 2.98. The van der Waals surface area contributed by atoms with Crippen LogP contribution in [0.5, 0.6) is 5.75 Å². The predicted molar refractivity (Wildman–Crippen MR) is 59.2 cm³/mol. The van der Waals surface area contributed by atoms with Crippen LogP contribution in [-0.2, 0) is 4.79 Å². The maximum absolute atomic E-state index is 11.1. The molecule has 0 fully saturated rings. The van der Waals surface area contributed by atoms with Gasteiger partial charge in [0.1, 0.15) is 5.75 Å². The van der Waals surface area contributed by atoms with Crippen molar-refractivity contribution in [3.63, 3.8) is 0 Å². The third-order valence-electron chi connectivity index (χ3n) is 1.99. The van der Waals surface area contributed by atoms with Crippen molar-refractivity contribution < 1.29 is 19.4 Å². The van der Waals surface area contributed by atoms with E-state index in [0.717, 1.165) is 0 Å². The normalized spacial score (nSPS) is 11.9. The number of carboxylic acids is 1. The third-order valence-corrected chi connectivity index (χ3v) is 2.30. The molecule has 0 aliphatic heterocycles. The van der Waals surface area contributed by atoms with Gasteiger partial charge in [-0.1, -0.05) is 11.6 Å². The van der Waals surface area contributed by atoms with E-state index in [0.29, 0.717) is 5.56 Å². The fourth-order valence-electron chi connectivity index (χ4n) is 1.05. The highest BCUT2D eigenvalue weighted by molar-refractivity contribution is 6.32. The van der Waals surface area contributed by atoms with Gasteiger partial charge >= 0.3 is 5.97 Å². The molecule has 86 valence electrons. The molecule has 4 nitrogen and oxygen atoms in total. The van der Waals surface area contributed by atoms with Crippen molar-refractivity contribution in [3.8, 4) is 5.75 Å². The molecule has 0 aliphatic rings. The molecule has 0 saturated carbocycles. The molecule has 0 aliphatic carbocycles. The van der Waals surface area contributed by atoms with E-state index in [2.05, 4.69) is 0 Å². The number of ether oxygens (including phenoxy) is 1. The van der Waals surface area contributed by atoms with E-state index in [1.165, 1.54) is 26.0 Å². The number of hydrogen-bond acceptors (Lipinski definition) is 3. The van der Waals surface area contributed by atoms with Gasteiger partial charge in [-0.05, 0) is 32.0 Å². The molecule has 1 atom stereocenters. The lowest BCUT2D eigenvalue weighted by molar-refractivity contribution is -0.144. The fraction of sp³-hybridized carbons (Fsp3) is 0.273. The van der Waals surface area contributed by atoms with Gasteiger partial charge in [0.2, 0.25) is 0 Å². The molecule has 1 aromatic rings. The maximum Gasteiger partial charge on any atom is 0.344 e. The van der Waals surface area contributed by atoms with Gasteiger partial charge in [0.05, 0.1) is 5.02 Å². The Kier molecular flexibility index (Phi) is 3.90. The summed E-state index contributed by atoms with van der Waals surface area (Å²) < 4.78 is 5.11. The van der Waals surface area contributed by atoms with Gasteiger partial charge in [-0.15, -0.1) is 0 Å². The summed E-state index contributed by atoms with van der Waals surface area (Å²) in [6, 6.07) is 4.50. The minimum Gasteiger partial charge on any atom is -0.479 e. The van der Waals surface area contributed by atoms with Crippen molar-refractivity contribution in [2.24, 2.45) is 0 Å². The predicted octanol–water partition coefficient (Wildman–Crippen LogP) is 2.39. The van der Waals surface area contributed by atoms with Gasteiger partial charge in [0.25, 0.3) is 0 Å². The van der Waals surface area contributed by atoms with Crippen LogP contribution in [-0.4, -0.2) is 23.0 Å². The topological polar surface area (TPSA) is 63.6 Å². The number of Topliss-reactive ketones (excluding diaryl/α,β-unsaturated/α-hetero) is 1. The highest BCUT2D eigenvalue weighted by Gasteiger charge is 2.15. The van der Waals surface area contributed by atoms with Crippen LogP contribution < -0.4 is 4.74 Å². The molecule has 0 heterocycles. The lowest BCUT2D eigenvalue weighted by atomic mass is 10.1. The number of hydrogen-bond donors (Lipinski definition) is 1. The van der Waals surface area contributed by atoms with Gasteiger partial charge in [-0.2, -0.15) is 0 Å². The van der Waals surface area contributed by atoms with Crippen molar-refractivity contribution in [3.05, 3.63) is 28.8 Å². The summed E-state index contributed by atoms with van der Waals surface area (Å²) in [4.78, 5) is 21.7. The molecular weight excluding hydrogens is 232 g/mol. The van der Waals surface area contributed by atoms with E-state index >= 15 is 0 Å². The molecule has 0 amide bonds. The van der Waals surface area contributed by atoms with Crippen molar-refractivity contribution in [1.82, 2.24) is 0 Å². The SMILES string of the molecule is CC(=O)c1ccc(Cl)c(OC(C)C(=O)O)c1. The Hall–Kier alpha value is -1.55. The molecule has 5 heteroatoms. The minimum atomic E-state index is -1.09. The van der Waals surface area contributed by atoms with Gasteiger partial charge in [0.15, 0.2) is 11.9 Å². The molecule has 0 bridgehead atoms. The highest BCUT2D eigenvalue weighted by atomic mass is 35.5.